The van der Waals surface area contributed by atoms with E-state index in [4.69, 9.17) is 14.2 Å². The SMILES string of the molecule is CCCCCCc1c(OC)c(OC(C)=O)c2ccccc2c1OC(C)=O. The molecular formula is C21H26O5. The minimum absolute atomic E-state index is 0.372. The largest absolute Gasteiger partial charge is 0.492 e. The number of carbonyl (C=O) groups excluding carboxylic acids is 2. The van der Waals surface area contributed by atoms with Gasteiger partial charge in [-0.1, -0.05) is 50.5 Å². The number of rotatable bonds is 8. The molecule has 0 N–H and O–H groups in total. The molecule has 0 aliphatic heterocycles. The molecule has 5 heteroatoms. The fraction of sp³-hybridized carbons (Fsp3) is 0.429. The van der Waals surface area contributed by atoms with Crippen molar-refractivity contribution < 1.29 is 23.8 Å². The highest BCUT2D eigenvalue weighted by Crippen LogP contribution is 2.46. The molecule has 0 radical (unpaired) electrons. The van der Waals surface area contributed by atoms with Crippen LogP contribution in [-0.4, -0.2) is 19.0 Å². The second-order valence-corrected chi connectivity index (χ2v) is 6.21. The van der Waals surface area contributed by atoms with Crippen LogP contribution in [0.4, 0.5) is 0 Å². The third-order valence-electron chi connectivity index (χ3n) is 4.15. The fourth-order valence-electron chi connectivity index (χ4n) is 3.08. The molecule has 0 fully saturated rings. The lowest BCUT2D eigenvalue weighted by atomic mass is 9.98. The Morgan fingerprint density at radius 3 is 1.96 bits per heavy atom. The summed E-state index contributed by atoms with van der Waals surface area (Å²) >= 11 is 0. The third-order valence-corrected chi connectivity index (χ3v) is 4.15. The van der Waals surface area contributed by atoms with E-state index in [1.54, 1.807) is 0 Å². The van der Waals surface area contributed by atoms with E-state index in [0.717, 1.165) is 36.6 Å². The van der Waals surface area contributed by atoms with E-state index in [0.29, 0.717) is 29.1 Å². The molecular weight excluding hydrogens is 332 g/mol. The highest BCUT2D eigenvalue weighted by Gasteiger charge is 2.24. The number of carbonyl (C=O) groups is 2. The van der Waals surface area contributed by atoms with Gasteiger partial charge in [-0.15, -0.1) is 0 Å². The first-order valence-electron chi connectivity index (χ1n) is 8.98. The van der Waals surface area contributed by atoms with Gasteiger partial charge in [-0.3, -0.25) is 9.59 Å². The number of benzene rings is 2. The van der Waals surface area contributed by atoms with Crippen molar-refractivity contribution in [3.63, 3.8) is 0 Å². The van der Waals surface area contributed by atoms with Gasteiger partial charge in [0.2, 0.25) is 0 Å². The number of esters is 2. The van der Waals surface area contributed by atoms with Crippen LogP contribution in [0.2, 0.25) is 0 Å². The van der Waals surface area contributed by atoms with E-state index in [1.165, 1.54) is 21.0 Å². The molecule has 2 rings (SSSR count). The van der Waals surface area contributed by atoms with Gasteiger partial charge in [-0.2, -0.15) is 0 Å². The van der Waals surface area contributed by atoms with Crippen LogP contribution >= 0.6 is 0 Å². The van der Waals surface area contributed by atoms with Crippen molar-refractivity contribution >= 4 is 22.7 Å². The van der Waals surface area contributed by atoms with Gasteiger partial charge >= 0.3 is 11.9 Å². The van der Waals surface area contributed by atoms with Crippen LogP contribution in [0, 0.1) is 0 Å². The molecule has 140 valence electrons. The normalized spacial score (nSPS) is 10.6. The fourth-order valence-corrected chi connectivity index (χ4v) is 3.08. The molecule has 2 aromatic carbocycles. The van der Waals surface area contributed by atoms with E-state index < -0.39 is 11.9 Å². The van der Waals surface area contributed by atoms with Crippen LogP contribution in [-0.2, 0) is 16.0 Å². The molecule has 0 amide bonds. The molecule has 0 saturated heterocycles. The topological polar surface area (TPSA) is 61.8 Å². The molecule has 0 aromatic heterocycles. The quantitative estimate of drug-likeness (QED) is 0.384. The van der Waals surface area contributed by atoms with Gasteiger partial charge in [0.25, 0.3) is 0 Å². The lowest BCUT2D eigenvalue weighted by Gasteiger charge is -2.20. The third kappa shape index (κ3) is 4.54. The average Bonchev–Trinajstić information content (AvgIpc) is 2.60. The van der Waals surface area contributed by atoms with E-state index >= 15 is 0 Å². The Labute approximate surface area is 154 Å². The van der Waals surface area contributed by atoms with Gasteiger partial charge in [0, 0.05) is 30.2 Å². The minimum Gasteiger partial charge on any atom is -0.492 e. The summed E-state index contributed by atoms with van der Waals surface area (Å²) in [6.45, 7) is 4.89. The van der Waals surface area contributed by atoms with Crippen LogP contribution in [0.5, 0.6) is 17.2 Å². The molecule has 26 heavy (non-hydrogen) atoms. The summed E-state index contributed by atoms with van der Waals surface area (Å²) in [5.74, 6) is 0.485. The van der Waals surface area contributed by atoms with Crippen molar-refractivity contribution in [2.75, 3.05) is 7.11 Å². The smallest absolute Gasteiger partial charge is 0.308 e. The van der Waals surface area contributed by atoms with Crippen LogP contribution in [0.1, 0.15) is 52.0 Å². The zero-order chi connectivity index (χ0) is 19.1. The lowest BCUT2D eigenvalue weighted by molar-refractivity contribution is -0.133. The van der Waals surface area contributed by atoms with Crippen LogP contribution in [0.3, 0.4) is 0 Å². The van der Waals surface area contributed by atoms with Crippen LogP contribution < -0.4 is 14.2 Å². The summed E-state index contributed by atoms with van der Waals surface area (Å²) in [5, 5.41) is 1.40. The second kappa shape index (κ2) is 9.22. The van der Waals surface area contributed by atoms with E-state index in [9.17, 15) is 9.59 Å². The monoisotopic (exact) mass is 358 g/mol. The summed E-state index contributed by atoms with van der Waals surface area (Å²) in [6, 6.07) is 7.38. The number of methoxy groups -OCH3 is 1. The highest BCUT2D eigenvalue weighted by molar-refractivity contribution is 5.99. The van der Waals surface area contributed by atoms with Crippen LogP contribution in [0.15, 0.2) is 24.3 Å². The Morgan fingerprint density at radius 1 is 0.846 bits per heavy atom. The van der Waals surface area contributed by atoms with E-state index in [-0.39, 0.29) is 0 Å². The zero-order valence-electron chi connectivity index (χ0n) is 15.9. The van der Waals surface area contributed by atoms with Crippen LogP contribution in [0.25, 0.3) is 10.8 Å². The summed E-state index contributed by atoms with van der Waals surface area (Å²) < 4.78 is 16.6. The molecule has 5 nitrogen and oxygen atoms in total. The van der Waals surface area contributed by atoms with Gasteiger partial charge in [-0.05, 0) is 12.8 Å². The molecule has 2 aromatic rings. The average molecular weight is 358 g/mol. The summed E-state index contributed by atoms with van der Waals surface area (Å²) in [4.78, 5) is 23.3. The standard InChI is InChI=1S/C21H26O5/c1-5-6-7-8-13-18-19(25-14(2)22)16-11-9-10-12-17(16)21(20(18)24-4)26-15(3)23/h9-12H,5-8,13H2,1-4H3. The van der Waals surface area contributed by atoms with Crippen molar-refractivity contribution in [2.45, 2.75) is 52.9 Å². The van der Waals surface area contributed by atoms with Crippen molar-refractivity contribution in [1.82, 2.24) is 0 Å². The maximum absolute atomic E-state index is 11.7. The molecule has 0 heterocycles. The predicted octanol–water partition coefficient (Wildman–Crippen LogP) is 4.82. The number of ether oxygens (including phenoxy) is 3. The van der Waals surface area contributed by atoms with Crippen molar-refractivity contribution in [3.05, 3.63) is 29.8 Å². The zero-order valence-corrected chi connectivity index (χ0v) is 15.9. The van der Waals surface area contributed by atoms with Gasteiger partial charge in [-0.25, -0.2) is 0 Å². The molecule has 0 aliphatic carbocycles. The van der Waals surface area contributed by atoms with E-state index in [1.807, 2.05) is 24.3 Å². The number of unbranched alkanes of at least 4 members (excludes halogenated alkanes) is 3. The molecule has 0 unspecified atom stereocenters. The summed E-state index contributed by atoms with van der Waals surface area (Å²) in [6.07, 6.45) is 4.93. The maximum atomic E-state index is 11.7. The Balaban J connectivity index is 2.68. The van der Waals surface area contributed by atoms with Gasteiger partial charge in [0.15, 0.2) is 11.5 Å². The number of fused-ring (bicyclic) bond motifs is 1. The first-order valence-corrected chi connectivity index (χ1v) is 8.98. The van der Waals surface area contributed by atoms with Crippen molar-refractivity contribution in [2.24, 2.45) is 0 Å². The molecule has 0 spiro atoms. The molecule has 0 saturated carbocycles. The Bertz CT molecular complexity index is 795. The number of hydrogen-bond acceptors (Lipinski definition) is 5. The summed E-state index contributed by atoms with van der Waals surface area (Å²) in [5.41, 5.74) is 0.758. The molecule has 0 aliphatic rings. The van der Waals surface area contributed by atoms with E-state index in [2.05, 4.69) is 6.92 Å². The van der Waals surface area contributed by atoms with Crippen molar-refractivity contribution in [1.29, 1.82) is 0 Å². The molecule has 0 atom stereocenters. The highest BCUT2D eigenvalue weighted by atomic mass is 16.6. The predicted molar refractivity (Wildman–Crippen MR) is 101 cm³/mol. The minimum atomic E-state index is -0.425. The number of hydrogen-bond donors (Lipinski definition) is 0. The summed E-state index contributed by atoms with van der Waals surface area (Å²) in [7, 11) is 1.53. The van der Waals surface area contributed by atoms with Gasteiger partial charge in [0.05, 0.1) is 7.11 Å². The van der Waals surface area contributed by atoms with Gasteiger partial charge < -0.3 is 14.2 Å². The Hall–Kier alpha value is -2.56. The first kappa shape index (κ1) is 19.8. The van der Waals surface area contributed by atoms with Crippen molar-refractivity contribution in [3.8, 4) is 17.2 Å². The Morgan fingerprint density at radius 2 is 1.42 bits per heavy atom. The lowest BCUT2D eigenvalue weighted by Crippen LogP contribution is -2.10. The Kier molecular flexibility index (Phi) is 7.01. The second-order valence-electron chi connectivity index (χ2n) is 6.21. The van der Waals surface area contributed by atoms with Gasteiger partial charge in [0.1, 0.15) is 5.75 Å². The molecule has 0 bridgehead atoms. The first-order chi connectivity index (χ1) is 12.5. The maximum Gasteiger partial charge on any atom is 0.308 e.